The summed E-state index contributed by atoms with van der Waals surface area (Å²) in [6.45, 7) is -1.51. The average Bonchev–Trinajstić information content (AvgIpc) is 3.24. The van der Waals surface area contributed by atoms with E-state index in [0.717, 1.165) is 12.1 Å². The SMILES string of the molecule is O=C(O)c1cc(NC(=O)c2c(F)c(F)c(F)c(F)c2F)ccc1C1c2ccc(O[C@@H]3O[C@H](CO)[C@@H](O)[C@H](O)[C@H]3O)cc2Oc2cc(O[C@@H]3O[C@H](CO)[C@@H](O)[C@H](O)[C@H]3O)ccc21. The highest BCUT2D eigenvalue weighted by Gasteiger charge is 2.46. The van der Waals surface area contributed by atoms with E-state index in [0.29, 0.717) is 0 Å². The minimum Gasteiger partial charge on any atom is -0.478 e. The summed E-state index contributed by atoms with van der Waals surface area (Å²) < 4.78 is 98.8. The third-order valence-corrected chi connectivity index (χ3v) is 10.3. The van der Waals surface area contributed by atoms with Gasteiger partial charge in [0.15, 0.2) is 23.3 Å². The summed E-state index contributed by atoms with van der Waals surface area (Å²) in [7, 11) is 0. The molecule has 326 valence electrons. The molecule has 2 fully saturated rings. The van der Waals surface area contributed by atoms with Crippen molar-refractivity contribution in [3.8, 4) is 23.0 Å². The van der Waals surface area contributed by atoms with Crippen LogP contribution in [0.4, 0.5) is 27.6 Å². The number of aliphatic hydroxyl groups excluding tert-OH is 8. The molecule has 10 N–H and O–H groups in total. The van der Waals surface area contributed by atoms with Crippen molar-refractivity contribution in [3.05, 3.63) is 112 Å². The third kappa shape index (κ3) is 7.94. The lowest BCUT2D eigenvalue weighted by Gasteiger charge is -2.39. The lowest BCUT2D eigenvalue weighted by molar-refractivity contribution is -0.277. The molecule has 61 heavy (non-hydrogen) atoms. The van der Waals surface area contributed by atoms with E-state index in [1.165, 1.54) is 42.5 Å². The number of aliphatic hydroxyl groups is 8. The van der Waals surface area contributed by atoms with Crippen LogP contribution in [0, 0.1) is 29.1 Å². The van der Waals surface area contributed by atoms with Gasteiger partial charge in [-0.3, -0.25) is 4.79 Å². The molecule has 3 aliphatic heterocycles. The van der Waals surface area contributed by atoms with Gasteiger partial charge >= 0.3 is 5.97 Å². The van der Waals surface area contributed by atoms with Crippen molar-refractivity contribution in [1.29, 1.82) is 0 Å². The molecule has 2 saturated heterocycles. The van der Waals surface area contributed by atoms with Gasteiger partial charge in [-0.2, -0.15) is 0 Å². The maximum Gasteiger partial charge on any atom is 0.336 e. The Hall–Kier alpha value is -5.53. The van der Waals surface area contributed by atoms with E-state index in [-0.39, 0.29) is 39.7 Å². The van der Waals surface area contributed by atoms with Crippen LogP contribution < -0.4 is 19.5 Å². The molecule has 0 saturated carbocycles. The van der Waals surface area contributed by atoms with E-state index < -0.39 is 138 Å². The predicted octanol–water partition coefficient (Wildman–Crippen LogP) is 0.976. The summed E-state index contributed by atoms with van der Waals surface area (Å²) in [4.78, 5) is 25.6. The number of anilines is 1. The zero-order valence-electron chi connectivity index (χ0n) is 30.7. The highest BCUT2D eigenvalue weighted by atomic mass is 19.2. The van der Waals surface area contributed by atoms with Crippen LogP contribution in [0.3, 0.4) is 0 Å². The molecule has 0 radical (unpaired) electrons. The third-order valence-electron chi connectivity index (χ3n) is 10.3. The molecule has 0 aromatic heterocycles. The minimum atomic E-state index is -2.50. The first-order valence-corrected chi connectivity index (χ1v) is 18.1. The summed E-state index contributed by atoms with van der Waals surface area (Å²) in [5, 5.41) is 93.5. The fourth-order valence-corrected chi connectivity index (χ4v) is 7.12. The van der Waals surface area contributed by atoms with E-state index in [4.69, 9.17) is 23.7 Å². The molecule has 0 unspecified atom stereocenters. The number of carboxylic acids is 1. The number of fused-ring (bicyclic) bond motifs is 2. The van der Waals surface area contributed by atoms with Gasteiger partial charge in [-0.25, -0.2) is 26.7 Å². The van der Waals surface area contributed by atoms with E-state index in [1.54, 1.807) is 0 Å². The largest absolute Gasteiger partial charge is 0.478 e. The Morgan fingerprint density at radius 1 is 0.590 bits per heavy atom. The molecule has 0 aliphatic carbocycles. The van der Waals surface area contributed by atoms with Crippen LogP contribution >= 0.6 is 0 Å². The summed E-state index contributed by atoms with van der Waals surface area (Å²) in [6, 6.07) is 11.2. The second-order valence-corrected chi connectivity index (χ2v) is 14.1. The van der Waals surface area contributed by atoms with Crippen molar-refractivity contribution in [2.24, 2.45) is 0 Å². The summed E-state index contributed by atoms with van der Waals surface area (Å²) in [5.41, 5.74) is -2.32. The molecule has 3 aliphatic rings. The lowest BCUT2D eigenvalue weighted by atomic mass is 9.80. The molecular weight excluding hydrogens is 833 g/mol. The normalized spacial score (nSPS) is 27.4. The summed E-state index contributed by atoms with van der Waals surface area (Å²) in [5.74, 6) is -16.9. The van der Waals surface area contributed by atoms with E-state index in [1.807, 2.05) is 5.32 Å². The Morgan fingerprint density at radius 3 is 1.48 bits per heavy atom. The quantitative estimate of drug-likeness (QED) is 0.0532. The first kappa shape index (κ1) is 43.6. The number of aromatic carboxylic acids is 1. The Balaban J connectivity index is 1.27. The maximum absolute atomic E-state index is 14.4. The molecule has 22 heteroatoms. The summed E-state index contributed by atoms with van der Waals surface area (Å²) in [6.07, 6.45) is -16.5. The molecule has 0 bridgehead atoms. The van der Waals surface area contributed by atoms with Gasteiger partial charge < -0.3 is 75.0 Å². The van der Waals surface area contributed by atoms with Crippen molar-refractivity contribution >= 4 is 17.6 Å². The topological polar surface area (TPSA) is 274 Å². The van der Waals surface area contributed by atoms with Gasteiger partial charge in [0.25, 0.3) is 5.91 Å². The maximum atomic E-state index is 14.4. The molecule has 1 amide bonds. The Morgan fingerprint density at radius 2 is 1.03 bits per heavy atom. The number of carboxylic acid groups (broad SMARTS) is 1. The number of benzene rings is 4. The molecule has 3 heterocycles. The number of carbonyl (C=O) groups excluding carboxylic acids is 1. The van der Waals surface area contributed by atoms with Crippen molar-refractivity contribution in [1.82, 2.24) is 0 Å². The van der Waals surface area contributed by atoms with Gasteiger partial charge in [-0.05, 0) is 29.8 Å². The minimum absolute atomic E-state index is 0.0160. The molecule has 4 aromatic rings. The zero-order chi connectivity index (χ0) is 44.2. The first-order chi connectivity index (χ1) is 28.9. The van der Waals surface area contributed by atoms with Crippen molar-refractivity contribution in [2.45, 2.75) is 67.3 Å². The van der Waals surface area contributed by atoms with Gasteiger partial charge in [0, 0.05) is 34.9 Å². The molecule has 4 aromatic carbocycles. The smallest absolute Gasteiger partial charge is 0.336 e. The fraction of sp³-hybridized carbons (Fsp3) is 0.333. The first-order valence-electron chi connectivity index (χ1n) is 18.1. The van der Waals surface area contributed by atoms with Gasteiger partial charge in [0.1, 0.15) is 77.4 Å². The van der Waals surface area contributed by atoms with Crippen LogP contribution in [0.5, 0.6) is 23.0 Å². The highest BCUT2D eigenvalue weighted by molar-refractivity contribution is 6.05. The molecule has 7 rings (SSSR count). The zero-order valence-corrected chi connectivity index (χ0v) is 30.7. The van der Waals surface area contributed by atoms with Gasteiger partial charge in [-0.15, -0.1) is 0 Å². The number of hydrogen-bond acceptors (Lipinski definition) is 15. The number of ether oxygens (including phenoxy) is 5. The van der Waals surface area contributed by atoms with E-state index in [2.05, 4.69) is 0 Å². The summed E-state index contributed by atoms with van der Waals surface area (Å²) >= 11 is 0. The second-order valence-electron chi connectivity index (χ2n) is 14.1. The van der Waals surface area contributed by atoms with Crippen molar-refractivity contribution in [2.75, 3.05) is 18.5 Å². The van der Waals surface area contributed by atoms with Crippen LogP contribution in [-0.2, 0) is 9.47 Å². The monoisotopic (exact) mass is 867 g/mol. The number of amides is 1. The number of hydrogen-bond donors (Lipinski definition) is 10. The van der Waals surface area contributed by atoms with Gasteiger partial charge in [0.2, 0.25) is 18.4 Å². The van der Waals surface area contributed by atoms with Gasteiger partial charge in [-0.1, -0.05) is 18.2 Å². The Bertz CT molecular complexity index is 2240. The predicted molar refractivity (Wildman–Crippen MR) is 190 cm³/mol. The molecule has 0 spiro atoms. The van der Waals surface area contributed by atoms with E-state index in [9.17, 15) is 77.5 Å². The number of carbonyl (C=O) groups is 2. The Kier molecular flexibility index (Phi) is 12.2. The fourth-order valence-electron chi connectivity index (χ4n) is 7.12. The average molecular weight is 868 g/mol. The molecular formula is C39H34F5NO16. The number of nitrogens with one attached hydrogen (secondary N) is 1. The van der Waals surface area contributed by atoms with Gasteiger partial charge in [0.05, 0.1) is 18.8 Å². The van der Waals surface area contributed by atoms with Crippen LogP contribution in [0.25, 0.3) is 0 Å². The van der Waals surface area contributed by atoms with Crippen LogP contribution in [0.1, 0.15) is 43.3 Å². The lowest BCUT2D eigenvalue weighted by Crippen LogP contribution is -2.60. The molecule has 17 nitrogen and oxygen atoms in total. The van der Waals surface area contributed by atoms with Crippen LogP contribution in [0.2, 0.25) is 0 Å². The van der Waals surface area contributed by atoms with Crippen molar-refractivity contribution < 1.29 is 101 Å². The van der Waals surface area contributed by atoms with E-state index >= 15 is 0 Å². The van der Waals surface area contributed by atoms with Crippen LogP contribution in [-0.4, -0.2) is 132 Å². The molecule has 10 atom stereocenters. The van der Waals surface area contributed by atoms with Crippen molar-refractivity contribution in [3.63, 3.8) is 0 Å². The number of halogens is 5. The Labute approximate surface area is 338 Å². The number of rotatable bonds is 10. The second kappa shape index (κ2) is 17.1. The standard InChI is InChI=1S/C39H34F5NO16/c40-25-24(26(41)28(43)29(44)27(25)42)36(54)45-12-1-4-15(18(7-12)37(55)56)23-16-5-2-13(57-38-34(52)32(50)30(48)21(10-46)60-38)8-19(16)59-20-9-14(3-6-17(20)23)58-39-35(53)33(51)31(49)22(11-47)61-39/h1-9,21-23,30-35,38-39,46-53H,10-11H2,(H,45,54)(H,55,56)/t21-,22-,30-,31-,32+,33+,34-,35-,38-,39-/m1/s1. The van der Waals surface area contributed by atoms with Crippen LogP contribution in [0.15, 0.2) is 54.6 Å². The highest BCUT2D eigenvalue weighted by Crippen LogP contribution is 2.50.